The monoisotopic (exact) mass is 358 g/mol. The zero-order valence-electron chi connectivity index (χ0n) is 15.8. The number of nitrogens with one attached hydrogen (secondary N) is 2. The van der Waals surface area contributed by atoms with Crippen LogP contribution in [0, 0.1) is 12.8 Å². The van der Waals surface area contributed by atoms with Crippen LogP contribution in [-0.2, 0) is 11.3 Å². The number of carbonyl (C=O) groups excluding carboxylic acids is 2. The largest absolute Gasteiger partial charge is 0.338 e. The fourth-order valence-corrected chi connectivity index (χ4v) is 4.15. The van der Waals surface area contributed by atoms with Crippen molar-refractivity contribution in [2.24, 2.45) is 5.92 Å². The number of amides is 3. The number of likely N-dealkylation sites (N-methyl/N-ethyl adjacent to an activating group) is 1. The normalized spacial score (nSPS) is 22.9. The molecule has 2 saturated heterocycles. The predicted octanol–water partition coefficient (Wildman–Crippen LogP) is 1.74. The van der Waals surface area contributed by atoms with Crippen LogP contribution in [0.1, 0.15) is 30.4 Å². The van der Waals surface area contributed by atoms with Crippen LogP contribution in [0.2, 0.25) is 0 Å². The number of likely N-dealkylation sites (tertiary alicyclic amines) is 2. The Hall–Kier alpha value is -2.08. The molecule has 0 bridgehead atoms. The van der Waals surface area contributed by atoms with Crippen LogP contribution in [0.25, 0.3) is 0 Å². The van der Waals surface area contributed by atoms with Gasteiger partial charge in [-0.25, -0.2) is 4.79 Å². The molecule has 142 valence electrons. The molecule has 0 spiro atoms. The van der Waals surface area contributed by atoms with Gasteiger partial charge < -0.3 is 20.4 Å². The zero-order chi connectivity index (χ0) is 18.5. The minimum absolute atomic E-state index is 0.00498. The molecule has 6 nitrogen and oxygen atoms in total. The summed E-state index contributed by atoms with van der Waals surface area (Å²) in [7, 11) is 1.91. The lowest BCUT2D eigenvalue weighted by molar-refractivity contribution is -0.140. The average molecular weight is 358 g/mol. The van der Waals surface area contributed by atoms with E-state index < -0.39 is 0 Å². The maximum atomic E-state index is 12.6. The van der Waals surface area contributed by atoms with Crippen LogP contribution in [0.5, 0.6) is 0 Å². The van der Waals surface area contributed by atoms with E-state index in [2.05, 4.69) is 23.6 Å². The lowest BCUT2D eigenvalue weighted by atomic mass is 9.83. The van der Waals surface area contributed by atoms with E-state index >= 15 is 0 Å². The first-order chi connectivity index (χ1) is 12.6. The Morgan fingerprint density at radius 2 is 2.08 bits per heavy atom. The minimum Gasteiger partial charge on any atom is -0.338 e. The van der Waals surface area contributed by atoms with E-state index in [1.165, 1.54) is 5.56 Å². The molecular formula is C20H30N4O2. The zero-order valence-corrected chi connectivity index (χ0v) is 15.8. The van der Waals surface area contributed by atoms with Gasteiger partial charge in [0.05, 0.1) is 0 Å². The summed E-state index contributed by atoms with van der Waals surface area (Å²) < 4.78 is 0. The molecule has 2 aliphatic heterocycles. The molecule has 3 amide bonds. The Morgan fingerprint density at radius 3 is 2.85 bits per heavy atom. The molecule has 0 aliphatic carbocycles. The summed E-state index contributed by atoms with van der Waals surface area (Å²) in [5.41, 5.74) is 2.34. The molecule has 0 aromatic heterocycles. The Balaban J connectivity index is 1.55. The third-order valence-electron chi connectivity index (χ3n) is 5.72. The average Bonchev–Trinajstić information content (AvgIpc) is 2.66. The maximum absolute atomic E-state index is 12.6. The van der Waals surface area contributed by atoms with Crippen molar-refractivity contribution in [2.45, 2.75) is 38.8 Å². The topological polar surface area (TPSA) is 64.7 Å². The summed E-state index contributed by atoms with van der Waals surface area (Å²) in [5.74, 6) is 0.654. The molecule has 0 unspecified atom stereocenters. The summed E-state index contributed by atoms with van der Waals surface area (Å²) in [6.07, 6.45) is 2.36. The van der Waals surface area contributed by atoms with Crippen molar-refractivity contribution >= 4 is 11.9 Å². The molecule has 0 radical (unpaired) electrons. The van der Waals surface area contributed by atoms with Crippen LogP contribution in [-0.4, -0.2) is 61.0 Å². The lowest BCUT2D eigenvalue weighted by Crippen LogP contribution is -2.58. The van der Waals surface area contributed by atoms with Gasteiger partial charge in [0.25, 0.3) is 0 Å². The standard InChI is InChI=1S/C20H30N4O2/c1-15-5-3-4-6-16(15)13-22-20(26)23-11-9-18-17(14-23)7-8-19(25)24(18)12-10-21-2/h3-6,17-18,21H,7-14H2,1-2H3,(H,22,26)/t17-,18+/m0/s1. The number of piperidine rings is 2. The molecule has 2 fully saturated rings. The van der Waals surface area contributed by atoms with Crippen LogP contribution in [0.3, 0.4) is 0 Å². The van der Waals surface area contributed by atoms with Crippen molar-refractivity contribution in [3.8, 4) is 0 Å². The summed E-state index contributed by atoms with van der Waals surface area (Å²) in [5, 5.41) is 6.18. The summed E-state index contributed by atoms with van der Waals surface area (Å²) in [4.78, 5) is 28.8. The van der Waals surface area contributed by atoms with Gasteiger partial charge in [-0.2, -0.15) is 0 Å². The van der Waals surface area contributed by atoms with Crippen LogP contribution < -0.4 is 10.6 Å². The highest BCUT2D eigenvalue weighted by Crippen LogP contribution is 2.31. The van der Waals surface area contributed by atoms with Gasteiger partial charge >= 0.3 is 6.03 Å². The molecule has 2 atom stereocenters. The molecule has 1 aromatic rings. The minimum atomic E-state index is 0.00498. The Kier molecular flexibility index (Phi) is 6.14. The first-order valence-electron chi connectivity index (χ1n) is 9.61. The molecule has 6 heteroatoms. The van der Waals surface area contributed by atoms with Crippen molar-refractivity contribution in [2.75, 3.05) is 33.2 Å². The van der Waals surface area contributed by atoms with E-state index in [0.717, 1.165) is 38.0 Å². The van der Waals surface area contributed by atoms with Gasteiger partial charge in [-0.3, -0.25) is 4.79 Å². The highest BCUT2D eigenvalue weighted by Gasteiger charge is 2.39. The van der Waals surface area contributed by atoms with Crippen LogP contribution in [0.15, 0.2) is 24.3 Å². The van der Waals surface area contributed by atoms with Crippen molar-refractivity contribution in [3.05, 3.63) is 35.4 Å². The predicted molar refractivity (Wildman–Crippen MR) is 102 cm³/mol. The second kappa shape index (κ2) is 8.54. The molecule has 0 saturated carbocycles. The molecule has 1 aromatic carbocycles. The highest BCUT2D eigenvalue weighted by molar-refractivity contribution is 5.78. The quantitative estimate of drug-likeness (QED) is 0.843. The van der Waals surface area contributed by atoms with E-state index in [1.54, 1.807) is 0 Å². The molecule has 2 N–H and O–H groups in total. The molecule has 2 aliphatic rings. The van der Waals surface area contributed by atoms with Crippen molar-refractivity contribution in [3.63, 3.8) is 0 Å². The second-order valence-electron chi connectivity index (χ2n) is 7.38. The molecule has 3 rings (SSSR count). The molecular weight excluding hydrogens is 328 g/mol. The molecule has 2 heterocycles. The van der Waals surface area contributed by atoms with Gasteiger partial charge in [0.2, 0.25) is 5.91 Å². The summed E-state index contributed by atoms with van der Waals surface area (Å²) in [6, 6.07) is 8.41. The number of nitrogens with zero attached hydrogens (tertiary/aromatic N) is 2. The van der Waals surface area contributed by atoms with Gasteiger partial charge in [0.15, 0.2) is 0 Å². The number of carbonyl (C=O) groups is 2. The van der Waals surface area contributed by atoms with E-state index in [1.807, 2.05) is 35.0 Å². The number of rotatable bonds is 5. The highest BCUT2D eigenvalue weighted by atomic mass is 16.2. The fraction of sp³-hybridized carbons (Fsp3) is 0.600. The smallest absolute Gasteiger partial charge is 0.317 e. The van der Waals surface area contributed by atoms with Gasteiger partial charge in [0, 0.05) is 45.2 Å². The van der Waals surface area contributed by atoms with Crippen molar-refractivity contribution < 1.29 is 9.59 Å². The third-order valence-corrected chi connectivity index (χ3v) is 5.72. The number of fused-ring (bicyclic) bond motifs is 1. The van der Waals surface area contributed by atoms with Crippen molar-refractivity contribution in [1.82, 2.24) is 20.4 Å². The van der Waals surface area contributed by atoms with E-state index in [0.29, 0.717) is 25.4 Å². The van der Waals surface area contributed by atoms with Crippen LogP contribution >= 0.6 is 0 Å². The number of urea groups is 1. The Morgan fingerprint density at radius 1 is 1.27 bits per heavy atom. The summed E-state index contributed by atoms with van der Waals surface area (Å²) >= 11 is 0. The van der Waals surface area contributed by atoms with E-state index in [4.69, 9.17) is 0 Å². The Bertz CT molecular complexity index is 648. The van der Waals surface area contributed by atoms with Gasteiger partial charge in [-0.1, -0.05) is 24.3 Å². The number of hydrogen-bond donors (Lipinski definition) is 2. The van der Waals surface area contributed by atoms with Crippen molar-refractivity contribution in [1.29, 1.82) is 0 Å². The van der Waals surface area contributed by atoms with E-state index in [-0.39, 0.29) is 18.0 Å². The first-order valence-corrected chi connectivity index (χ1v) is 9.61. The fourth-order valence-electron chi connectivity index (χ4n) is 4.15. The Labute approximate surface area is 155 Å². The number of benzene rings is 1. The van der Waals surface area contributed by atoms with Gasteiger partial charge in [-0.15, -0.1) is 0 Å². The summed E-state index contributed by atoms with van der Waals surface area (Å²) in [6.45, 7) is 5.65. The SMILES string of the molecule is CNCCN1C(=O)CC[C@H]2CN(C(=O)NCc3ccccc3C)CC[C@H]21. The molecule has 26 heavy (non-hydrogen) atoms. The van der Waals surface area contributed by atoms with E-state index in [9.17, 15) is 9.59 Å². The number of aryl methyl sites for hydroxylation is 1. The maximum Gasteiger partial charge on any atom is 0.317 e. The third kappa shape index (κ3) is 4.18. The first kappa shape index (κ1) is 18.7. The van der Waals surface area contributed by atoms with Crippen LogP contribution in [0.4, 0.5) is 4.79 Å². The number of hydrogen-bond acceptors (Lipinski definition) is 3. The van der Waals surface area contributed by atoms with Gasteiger partial charge in [0.1, 0.15) is 0 Å². The van der Waals surface area contributed by atoms with Gasteiger partial charge in [-0.05, 0) is 43.9 Å². The second-order valence-corrected chi connectivity index (χ2v) is 7.38. The lowest BCUT2D eigenvalue weighted by Gasteiger charge is -2.47.